The van der Waals surface area contributed by atoms with Gasteiger partial charge in [-0.3, -0.25) is 9.59 Å². The number of nitrogens with one attached hydrogen (secondary N) is 2. The molecule has 24 heavy (non-hydrogen) atoms. The van der Waals surface area contributed by atoms with E-state index >= 15 is 0 Å². The van der Waals surface area contributed by atoms with Gasteiger partial charge in [0.2, 0.25) is 5.91 Å². The summed E-state index contributed by atoms with van der Waals surface area (Å²) in [4.78, 5) is 23.8. The van der Waals surface area contributed by atoms with Crippen molar-refractivity contribution >= 4 is 16.7 Å². The van der Waals surface area contributed by atoms with E-state index in [4.69, 9.17) is 4.74 Å². The van der Waals surface area contributed by atoms with E-state index in [-0.39, 0.29) is 17.9 Å². The first-order valence-electron chi connectivity index (χ1n) is 8.55. The average Bonchev–Trinajstić information content (AvgIpc) is 3.11. The van der Waals surface area contributed by atoms with Gasteiger partial charge in [-0.1, -0.05) is 31.0 Å². The summed E-state index contributed by atoms with van der Waals surface area (Å²) in [5.74, 6) is 0.571. The number of carbonyl (C=O) groups excluding carboxylic acids is 1. The Kier molecular flexibility index (Phi) is 5.59. The standard InChI is InChI=1S/C18H23N3O3/c22-17(19-9-10-24-12-13-5-1-2-6-13)11-16-14-7-3-4-8-15(14)18(23)21-20-16/h3-4,7-8,13H,1-2,5-6,9-12H2,(H,19,22)(H,21,23). The van der Waals surface area contributed by atoms with Crippen molar-refractivity contribution in [1.29, 1.82) is 0 Å². The van der Waals surface area contributed by atoms with Crippen molar-refractivity contribution in [1.82, 2.24) is 15.5 Å². The molecule has 1 aromatic heterocycles. The molecular weight excluding hydrogens is 306 g/mol. The molecule has 0 spiro atoms. The fraction of sp³-hybridized carbons (Fsp3) is 0.500. The molecular formula is C18H23N3O3. The summed E-state index contributed by atoms with van der Waals surface area (Å²) in [6, 6.07) is 7.17. The number of rotatable bonds is 7. The Balaban J connectivity index is 1.47. The molecule has 0 saturated heterocycles. The van der Waals surface area contributed by atoms with Crippen LogP contribution < -0.4 is 10.9 Å². The lowest BCUT2D eigenvalue weighted by molar-refractivity contribution is -0.120. The smallest absolute Gasteiger partial charge is 0.272 e. The van der Waals surface area contributed by atoms with E-state index < -0.39 is 0 Å². The van der Waals surface area contributed by atoms with Crippen molar-refractivity contribution in [3.8, 4) is 0 Å². The van der Waals surface area contributed by atoms with Gasteiger partial charge in [0, 0.05) is 18.5 Å². The third-order valence-corrected chi connectivity index (χ3v) is 4.50. The number of nitrogens with zero attached hydrogens (tertiary/aromatic N) is 1. The number of H-pyrrole nitrogens is 1. The summed E-state index contributed by atoms with van der Waals surface area (Å²) in [7, 11) is 0. The third kappa shape index (κ3) is 4.20. The van der Waals surface area contributed by atoms with Crippen molar-refractivity contribution in [2.45, 2.75) is 32.1 Å². The topological polar surface area (TPSA) is 84.1 Å². The molecule has 1 fully saturated rings. The van der Waals surface area contributed by atoms with E-state index in [1.54, 1.807) is 12.1 Å². The highest BCUT2D eigenvalue weighted by Gasteiger charge is 2.15. The van der Waals surface area contributed by atoms with E-state index in [1.807, 2.05) is 12.1 Å². The number of fused-ring (bicyclic) bond motifs is 1. The van der Waals surface area contributed by atoms with E-state index in [0.29, 0.717) is 35.5 Å². The second kappa shape index (κ2) is 8.06. The van der Waals surface area contributed by atoms with Crippen LogP contribution >= 0.6 is 0 Å². The number of aromatic amines is 1. The van der Waals surface area contributed by atoms with E-state index in [9.17, 15) is 9.59 Å². The molecule has 3 rings (SSSR count). The van der Waals surface area contributed by atoms with Crippen molar-refractivity contribution in [2.24, 2.45) is 5.92 Å². The number of benzene rings is 1. The Morgan fingerprint density at radius 2 is 2.00 bits per heavy atom. The zero-order valence-electron chi connectivity index (χ0n) is 13.7. The lowest BCUT2D eigenvalue weighted by Gasteiger charge is -2.10. The highest BCUT2D eigenvalue weighted by Crippen LogP contribution is 2.24. The van der Waals surface area contributed by atoms with Crippen molar-refractivity contribution < 1.29 is 9.53 Å². The Bertz CT molecular complexity index is 751. The van der Waals surface area contributed by atoms with Gasteiger partial charge in [0.25, 0.3) is 5.56 Å². The summed E-state index contributed by atoms with van der Waals surface area (Å²) in [5.41, 5.74) is 0.338. The van der Waals surface area contributed by atoms with E-state index in [0.717, 1.165) is 6.61 Å². The molecule has 1 heterocycles. The van der Waals surface area contributed by atoms with Crippen LogP contribution in [0.15, 0.2) is 29.1 Å². The normalized spacial score (nSPS) is 15.0. The second-order valence-electron chi connectivity index (χ2n) is 6.30. The second-order valence-corrected chi connectivity index (χ2v) is 6.30. The minimum Gasteiger partial charge on any atom is -0.379 e. The van der Waals surface area contributed by atoms with Crippen molar-refractivity contribution in [3.05, 3.63) is 40.3 Å². The Labute approximate surface area is 140 Å². The largest absolute Gasteiger partial charge is 0.379 e. The van der Waals surface area contributed by atoms with Crippen molar-refractivity contribution in [3.63, 3.8) is 0 Å². The number of carbonyl (C=O) groups is 1. The molecule has 2 aromatic rings. The van der Waals surface area contributed by atoms with Gasteiger partial charge in [0.05, 0.1) is 24.1 Å². The summed E-state index contributed by atoms with van der Waals surface area (Å²) in [6.45, 7) is 1.82. The van der Waals surface area contributed by atoms with Crippen LogP contribution in [0.4, 0.5) is 0 Å². The Hall–Kier alpha value is -2.21. The zero-order chi connectivity index (χ0) is 16.8. The Morgan fingerprint density at radius 1 is 1.25 bits per heavy atom. The van der Waals surface area contributed by atoms with Crippen LogP contribution in [-0.4, -0.2) is 35.9 Å². The predicted molar refractivity (Wildman–Crippen MR) is 91.9 cm³/mol. The molecule has 0 atom stereocenters. The van der Waals surface area contributed by atoms with Crippen molar-refractivity contribution in [2.75, 3.05) is 19.8 Å². The van der Waals surface area contributed by atoms with Gasteiger partial charge < -0.3 is 10.1 Å². The van der Waals surface area contributed by atoms with E-state index in [2.05, 4.69) is 15.5 Å². The zero-order valence-corrected chi connectivity index (χ0v) is 13.7. The maximum atomic E-state index is 12.1. The fourth-order valence-electron chi connectivity index (χ4n) is 3.21. The van der Waals surface area contributed by atoms with Crippen LogP contribution in [0.1, 0.15) is 31.4 Å². The number of ether oxygens (including phenoxy) is 1. The Morgan fingerprint density at radius 3 is 2.79 bits per heavy atom. The lowest BCUT2D eigenvalue weighted by atomic mass is 10.1. The molecule has 0 aliphatic heterocycles. The summed E-state index contributed by atoms with van der Waals surface area (Å²) in [6.07, 6.45) is 5.28. The molecule has 0 radical (unpaired) electrons. The minimum absolute atomic E-state index is 0.121. The SMILES string of the molecule is O=C(Cc1n[nH]c(=O)c2ccccc12)NCCOCC1CCCC1. The molecule has 0 bridgehead atoms. The van der Waals surface area contributed by atoms with E-state index in [1.165, 1.54) is 25.7 Å². The molecule has 6 heteroatoms. The molecule has 1 saturated carbocycles. The van der Waals surface area contributed by atoms with Gasteiger partial charge >= 0.3 is 0 Å². The average molecular weight is 329 g/mol. The van der Waals surface area contributed by atoms with Crippen LogP contribution in [0.25, 0.3) is 10.8 Å². The number of amides is 1. The first-order chi connectivity index (χ1) is 11.7. The van der Waals surface area contributed by atoms with Crippen LogP contribution in [-0.2, 0) is 16.0 Å². The number of hydrogen-bond acceptors (Lipinski definition) is 4. The molecule has 1 aliphatic carbocycles. The first-order valence-corrected chi connectivity index (χ1v) is 8.55. The van der Waals surface area contributed by atoms with Gasteiger partial charge in [-0.2, -0.15) is 5.10 Å². The van der Waals surface area contributed by atoms with Crippen LogP contribution in [0.3, 0.4) is 0 Å². The summed E-state index contributed by atoms with van der Waals surface area (Å²) >= 11 is 0. The highest BCUT2D eigenvalue weighted by molar-refractivity contribution is 5.88. The molecule has 1 amide bonds. The number of hydrogen-bond donors (Lipinski definition) is 2. The number of aromatic nitrogens is 2. The molecule has 0 unspecified atom stereocenters. The lowest BCUT2D eigenvalue weighted by Crippen LogP contribution is -2.29. The first kappa shape index (κ1) is 16.6. The van der Waals surface area contributed by atoms with Gasteiger partial charge in [0.1, 0.15) is 0 Å². The molecule has 1 aromatic carbocycles. The quantitative estimate of drug-likeness (QED) is 0.759. The maximum absolute atomic E-state index is 12.1. The summed E-state index contributed by atoms with van der Waals surface area (Å²) in [5, 5.41) is 10.6. The summed E-state index contributed by atoms with van der Waals surface area (Å²) < 4.78 is 5.63. The van der Waals surface area contributed by atoms with Crippen LogP contribution in [0.2, 0.25) is 0 Å². The maximum Gasteiger partial charge on any atom is 0.272 e. The minimum atomic E-state index is -0.241. The fourth-order valence-corrected chi connectivity index (χ4v) is 3.21. The molecule has 6 nitrogen and oxygen atoms in total. The molecule has 2 N–H and O–H groups in total. The highest BCUT2D eigenvalue weighted by atomic mass is 16.5. The van der Waals surface area contributed by atoms with Gasteiger partial charge in [-0.05, 0) is 24.8 Å². The van der Waals surface area contributed by atoms with Gasteiger partial charge in [0.15, 0.2) is 0 Å². The third-order valence-electron chi connectivity index (χ3n) is 4.50. The van der Waals surface area contributed by atoms with Gasteiger partial charge in [-0.15, -0.1) is 0 Å². The van der Waals surface area contributed by atoms with Crippen LogP contribution in [0, 0.1) is 5.92 Å². The predicted octanol–water partition coefficient (Wildman–Crippen LogP) is 1.79. The monoisotopic (exact) mass is 329 g/mol. The molecule has 128 valence electrons. The van der Waals surface area contributed by atoms with Crippen LogP contribution in [0.5, 0.6) is 0 Å². The molecule has 1 aliphatic rings. The van der Waals surface area contributed by atoms with Gasteiger partial charge in [-0.25, -0.2) is 5.10 Å².